The highest BCUT2D eigenvalue weighted by Gasteiger charge is 2.25. The van der Waals surface area contributed by atoms with Crippen molar-refractivity contribution in [2.24, 2.45) is 0 Å². The van der Waals surface area contributed by atoms with Crippen molar-refractivity contribution in [3.8, 4) is 11.1 Å². The van der Waals surface area contributed by atoms with Gasteiger partial charge in [0.1, 0.15) is 0 Å². The van der Waals surface area contributed by atoms with Gasteiger partial charge in [0, 0.05) is 33.5 Å². The molecule has 0 unspecified atom stereocenters. The number of benzene rings is 14. The highest BCUT2D eigenvalue weighted by Crippen LogP contribution is 2.48. The summed E-state index contributed by atoms with van der Waals surface area (Å²) in [7, 11) is 0. The molecule has 0 heterocycles. The Morgan fingerprint density at radius 2 is 0.711 bits per heavy atom. The van der Waals surface area contributed by atoms with Crippen molar-refractivity contribution >= 4 is 106 Å². The number of rotatable bonds is 13. The monoisotopic (exact) mass is 1150 g/mol. The Labute approximate surface area is 526 Å². The number of nitrogens with zero attached hydrogens (tertiary/aromatic N) is 2. The van der Waals surface area contributed by atoms with E-state index in [1.165, 1.54) is 98.8 Å². The van der Waals surface area contributed by atoms with Gasteiger partial charge in [-0.05, 0) is 196 Å². The molecule has 2 nitrogen and oxygen atoms in total. The van der Waals surface area contributed by atoms with Gasteiger partial charge in [-0.25, -0.2) is 0 Å². The molecule has 0 radical (unpaired) electrons. The molecule has 0 atom stereocenters. The van der Waals surface area contributed by atoms with Crippen molar-refractivity contribution in [2.45, 2.75) is 12.8 Å². The highest BCUT2D eigenvalue weighted by molar-refractivity contribution is 6.21. The van der Waals surface area contributed by atoms with Gasteiger partial charge in [-0.15, -0.1) is 0 Å². The molecule has 0 fully saturated rings. The fourth-order valence-corrected chi connectivity index (χ4v) is 13.7. The minimum absolute atomic E-state index is 0.898. The summed E-state index contributed by atoms with van der Waals surface area (Å²) in [5.74, 6) is 0. The van der Waals surface area contributed by atoms with Gasteiger partial charge >= 0.3 is 0 Å². The maximum atomic E-state index is 2.47. The van der Waals surface area contributed by atoms with E-state index in [2.05, 4.69) is 362 Å². The quantitative estimate of drug-likeness (QED) is 0.0839. The summed E-state index contributed by atoms with van der Waals surface area (Å²) in [5, 5.41) is 9.88. The van der Waals surface area contributed by atoms with Crippen LogP contribution in [-0.2, 0) is 6.42 Å². The van der Waals surface area contributed by atoms with Crippen LogP contribution in [-0.4, -0.2) is 0 Å². The number of anilines is 6. The summed E-state index contributed by atoms with van der Waals surface area (Å²) in [6.45, 7) is 0. The smallest absolute Gasteiger partial charge is 0.0546 e. The van der Waals surface area contributed by atoms with Crippen LogP contribution >= 0.6 is 0 Å². The standard InChI is InChI=1S/C88H62N2/c1-5-21-65(22-6-1)83(66-23-7-2-8-24-66)57-61-37-47-71(48-38-61)89(87-59-85-75-31-15-13-29-69(75)45-55-79(85)77-33-17-19-35-81(77)87)73-51-41-63(42-52-73)64-43-53-74(54-44-64)90(88-60-86-76-32-16-14-30-70(76)46-56-80(86)78-34-18-20-36-82(78)88)72-49-39-62(40-50-72)58-84(67-25-9-3-10-26-67)68-27-11-4-12-28-68/h1-15,17-55,57-60H,16,56H2. The van der Waals surface area contributed by atoms with Crippen LogP contribution in [0.5, 0.6) is 0 Å². The predicted octanol–water partition coefficient (Wildman–Crippen LogP) is 23.9. The van der Waals surface area contributed by atoms with Gasteiger partial charge in [-0.2, -0.15) is 0 Å². The molecule has 90 heavy (non-hydrogen) atoms. The molecule has 0 bridgehead atoms. The third-order valence-corrected chi connectivity index (χ3v) is 18.1. The van der Waals surface area contributed by atoms with Crippen LogP contribution in [0.3, 0.4) is 0 Å². The molecule has 14 aromatic rings. The van der Waals surface area contributed by atoms with Crippen molar-refractivity contribution in [2.75, 3.05) is 9.80 Å². The average molecular weight is 1150 g/mol. The lowest BCUT2D eigenvalue weighted by atomic mass is 9.81. The van der Waals surface area contributed by atoms with E-state index in [0.717, 1.165) is 69.2 Å². The Kier molecular flexibility index (Phi) is 14.1. The Morgan fingerprint density at radius 3 is 1.21 bits per heavy atom. The zero-order chi connectivity index (χ0) is 59.7. The van der Waals surface area contributed by atoms with Crippen LogP contribution in [0.15, 0.2) is 345 Å². The molecule has 424 valence electrons. The Hall–Kier alpha value is -11.6. The maximum absolute atomic E-state index is 2.47. The lowest BCUT2D eigenvalue weighted by molar-refractivity contribution is 1.20. The first-order valence-corrected chi connectivity index (χ1v) is 31.2. The summed E-state index contributed by atoms with van der Waals surface area (Å²) in [6, 6.07) is 115. The summed E-state index contributed by atoms with van der Waals surface area (Å²) >= 11 is 0. The van der Waals surface area contributed by atoms with Crippen LogP contribution in [0.2, 0.25) is 0 Å². The van der Waals surface area contributed by atoms with Crippen molar-refractivity contribution in [1.82, 2.24) is 0 Å². The number of allylic oxidation sites excluding steroid dienone is 6. The van der Waals surface area contributed by atoms with E-state index in [1.54, 1.807) is 0 Å². The first-order valence-electron chi connectivity index (χ1n) is 31.2. The maximum Gasteiger partial charge on any atom is 0.0546 e. The molecule has 0 saturated heterocycles. The van der Waals surface area contributed by atoms with Gasteiger partial charge in [0.15, 0.2) is 0 Å². The lowest BCUT2D eigenvalue weighted by Gasteiger charge is -2.31. The van der Waals surface area contributed by atoms with Gasteiger partial charge in [0.2, 0.25) is 0 Å². The van der Waals surface area contributed by atoms with E-state index >= 15 is 0 Å². The highest BCUT2D eigenvalue weighted by atomic mass is 15.1. The zero-order valence-electron chi connectivity index (χ0n) is 49.8. The van der Waals surface area contributed by atoms with Gasteiger partial charge in [0.05, 0.1) is 11.4 Å². The van der Waals surface area contributed by atoms with Gasteiger partial charge in [-0.3, -0.25) is 0 Å². The number of hydrogen-bond acceptors (Lipinski definition) is 2. The third kappa shape index (κ3) is 10.2. The minimum Gasteiger partial charge on any atom is -0.310 e. The van der Waals surface area contributed by atoms with E-state index in [1.807, 2.05) is 0 Å². The molecule has 14 aromatic carbocycles. The predicted molar refractivity (Wildman–Crippen MR) is 385 cm³/mol. The van der Waals surface area contributed by atoms with E-state index in [0.29, 0.717) is 0 Å². The molecule has 2 aliphatic carbocycles. The number of hydrogen-bond donors (Lipinski definition) is 0. The van der Waals surface area contributed by atoms with Crippen molar-refractivity contribution in [3.05, 3.63) is 390 Å². The lowest BCUT2D eigenvalue weighted by Crippen LogP contribution is -2.13. The van der Waals surface area contributed by atoms with Crippen molar-refractivity contribution in [3.63, 3.8) is 0 Å². The molecule has 16 rings (SSSR count). The average Bonchev–Trinajstić information content (AvgIpc) is 0.919. The molecule has 0 aromatic heterocycles. The third-order valence-electron chi connectivity index (χ3n) is 18.1. The van der Waals surface area contributed by atoms with E-state index in [4.69, 9.17) is 0 Å². The largest absolute Gasteiger partial charge is 0.310 e. The van der Waals surface area contributed by atoms with E-state index in [9.17, 15) is 0 Å². The molecular weight excluding hydrogens is 1080 g/mol. The van der Waals surface area contributed by atoms with Crippen molar-refractivity contribution < 1.29 is 0 Å². The summed E-state index contributed by atoms with van der Waals surface area (Å²) in [4.78, 5) is 4.92. The molecule has 0 saturated carbocycles. The number of fused-ring (bicyclic) bond motifs is 10. The molecule has 0 amide bonds. The van der Waals surface area contributed by atoms with Crippen LogP contribution in [0.1, 0.15) is 50.9 Å². The van der Waals surface area contributed by atoms with Crippen LogP contribution in [0.4, 0.5) is 34.1 Å². The SMILES string of the molecule is C1=CC2=CCc3c(cc(N(c4ccc(C=C(c5ccccc5)c5ccccc5)cc4)c4ccc(-c5ccc(N(c6ccc(C=C(c7ccccc7)c7ccccc7)cc6)c6cc7c8ccccc8ccc7c7ccccc67)cc5)cc4)c4ccccc34)C2=CC1. The second-order valence-electron chi connectivity index (χ2n) is 23.4. The first-order chi connectivity index (χ1) is 44.6. The fraction of sp³-hybridized carbons (Fsp3) is 0.0227. The van der Waals surface area contributed by atoms with Gasteiger partial charge in [0.25, 0.3) is 0 Å². The van der Waals surface area contributed by atoms with Crippen LogP contribution < -0.4 is 9.80 Å². The summed E-state index contributed by atoms with van der Waals surface area (Å²) < 4.78 is 0. The fourth-order valence-electron chi connectivity index (χ4n) is 13.7. The first kappa shape index (κ1) is 53.9. The van der Waals surface area contributed by atoms with E-state index < -0.39 is 0 Å². The Bertz CT molecular complexity index is 5070. The molecule has 2 aliphatic rings. The normalized spacial score (nSPS) is 12.4. The molecular formula is C88H62N2. The van der Waals surface area contributed by atoms with Crippen LogP contribution in [0.25, 0.3) is 83.1 Å². The Balaban J connectivity index is 0.801. The molecule has 0 aliphatic heterocycles. The van der Waals surface area contributed by atoms with E-state index in [-0.39, 0.29) is 0 Å². The summed E-state index contributed by atoms with van der Waals surface area (Å²) in [5.41, 5.74) is 23.6. The van der Waals surface area contributed by atoms with Gasteiger partial charge in [-0.1, -0.05) is 279 Å². The van der Waals surface area contributed by atoms with Crippen molar-refractivity contribution in [1.29, 1.82) is 0 Å². The molecule has 0 N–H and O–H groups in total. The van der Waals surface area contributed by atoms with Gasteiger partial charge < -0.3 is 9.80 Å². The second-order valence-corrected chi connectivity index (χ2v) is 23.4. The second kappa shape index (κ2) is 23.6. The Morgan fingerprint density at radius 1 is 0.311 bits per heavy atom. The summed E-state index contributed by atoms with van der Waals surface area (Å²) in [6.07, 6.45) is 15.8. The zero-order valence-corrected chi connectivity index (χ0v) is 49.8. The molecule has 0 spiro atoms. The topological polar surface area (TPSA) is 6.48 Å². The minimum atomic E-state index is 0.898. The molecule has 2 heteroatoms. The van der Waals surface area contributed by atoms with Crippen LogP contribution in [0, 0.1) is 0 Å².